The Hall–Kier alpha value is -2.83. The number of benzene rings is 1. The van der Waals surface area contributed by atoms with Gasteiger partial charge in [-0.05, 0) is 12.1 Å². The molecule has 7 heteroatoms. The largest absolute Gasteiger partial charge is 0.497 e. The van der Waals surface area contributed by atoms with Gasteiger partial charge in [-0.15, -0.1) is 0 Å². The van der Waals surface area contributed by atoms with Crippen LogP contribution in [-0.4, -0.2) is 30.5 Å². The zero-order chi connectivity index (χ0) is 15.2. The van der Waals surface area contributed by atoms with Crippen LogP contribution in [0, 0.1) is 0 Å². The molecule has 0 aliphatic carbocycles. The number of nitrogen functional groups attached to an aromatic ring is 1. The monoisotopic (exact) mass is 288 g/mol. The first-order chi connectivity index (χ1) is 10.2. The number of anilines is 2. The molecule has 21 heavy (non-hydrogen) atoms. The van der Waals surface area contributed by atoms with Crippen LogP contribution in [-0.2, 0) is 6.54 Å². The maximum absolute atomic E-state index is 11.0. The van der Waals surface area contributed by atoms with E-state index in [1.54, 1.807) is 20.3 Å². The van der Waals surface area contributed by atoms with Crippen molar-refractivity contribution in [3.63, 3.8) is 0 Å². The van der Waals surface area contributed by atoms with Crippen LogP contribution in [0.5, 0.6) is 11.5 Å². The molecule has 110 valence electrons. The predicted octanol–water partition coefficient (Wildman–Crippen LogP) is 1.50. The summed E-state index contributed by atoms with van der Waals surface area (Å²) in [6.07, 6.45) is 1.93. The lowest BCUT2D eigenvalue weighted by atomic mass is 10.2. The summed E-state index contributed by atoms with van der Waals surface area (Å²) in [6.45, 7) is 0.421. The van der Waals surface area contributed by atoms with Gasteiger partial charge in [0.1, 0.15) is 29.5 Å². The fourth-order valence-corrected chi connectivity index (χ4v) is 1.84. The molecule has 0 fully saturated rings. The molecule has 0 radical (unpaired) electrons. The number of nitrogens with two attached hydrogens (primary N) is 1. The van der Waals surface area contributed by atoms with E-state index in [0.717, 1.165) is 5.56 Å². The second-order valence-electron chi connectivity index (χ2n) is 4.17. The Kier molecular flexibility index (Phi) is 4.55. The first kappa shape index (κ1) is 14.6. The van der Waals surface area contributed by atoms with Gasteiger partial charge in [-0.25, -0.2) is 9.97 Å². The Labute approximate surface area is 122 Å². The maximum Gasteiger partial charge on any atom is 0.157 e. The van der Waals surface area contributed by atoms with Crippen LogP contribution in [0.25, 0.3) is 0 Å². The van der Waals surface area contributed by atoms with E-state index in [2.05, 4.69) is 15.3 Å². The molecular weight excluding hydrogens is 272 g/mol. The fraction of sp³-hybridized carbons (Fsp3) is 0.214. The normalized spacial score (nSPS) is 10.0. The molecule has 1 heterocycles. The Morgan fingerprint density at radius 1 is 1.29 bits per heavy atom. The van der Waals surface area contributed by atoms with E-state index in [0.29, 0.717) is 30.1 Å². The molecule has 0 unspecified atom stereocenters. The third kappa shape index (κ3) is 3.19. The summed E-state index contributed by atoms with van der Waals surface area (Å²) in [5.41, 5.74) is 6.77. The summed E-state index contributed by atoms with van der Waals surface area (Å²) in [5.74, 6) is 1.91. The Bertz CT molecular complexity index is 646. The number of nitrogens with zero attached hydrogens (tertiary/aromatic N) is 2. The van der Waals surface area contributed by atoms with Gasteiger partial charge in [0.2, 0.25) is 0 Å². The van der Waals surface area contributed by atoms with Crippen molar-refractivity contribution in [1.82, 2.24) is 9.97 Å². The van der Waals surface area contributed by atoms with E-state index in [4.69, 9.17) is 15.2 Å². The minimum atomic E-state index is 0.143. The number of ether oxygens (including phenoxy) is 2. The quantitative estimate of drug-likeness (QED) is 0.777. The number of aromatic nitrogens is 2. The van der Waals surface area contributed by atoms with Crippen LogP contribution in [0.2, 0.25) is 0 Å². The lowest BCUT2D eigenvalue weighted by molar-refractivity contribution is 0.112. The van der Waals surface area contributed by atoms with Crippen molar-refractivity contribution < 1.29 is 14.3 Å². The van der Waals surface area contributed by atoms with Crippen molar-refractivity contribution in [2.45, 2.75) is 6.54 Å². The molecule has 2 aromatic rings. The molecule has 3 N–H and O–H groups in total. The summed E-state index contributed by atoms with van der Waals surface area (Å²) in [5, 5.41) is 3.05. The van der Waals surface area contributed by atoms with Gasteiger partial charge in [0.25, 0.3) is 0 Å². The SMILES string of the molecule is COc1ccc(CNc2ncnc(N)c2C=O)c(OC)c1. The number of hydrogen-bond acceptors (Lipinski definition) is 7. The predicted molar refractivity (Wildman–Crippen MR) is 78.7 cm³/mol. The van der Waals surface area contributed by atoms with Crippen molar-refractivity contribution in [1.29, 1.82) is 0 Å². The molecule has 0 saturated carbocycles. The van der Waals surface area contributed by atoms with Gasteiger partial charge in [-0.1, -0.05) is 0 Å². The first-order valence-corrected chi connectivity index (χ1v) is 6.20. The second-order valence-corrected chi connectivity index (χ2v) is 4.17. The van der Waals surface area contributed by atoms with E-state index in [1.165, 1.54) is 6.33 Å². The number of carbonyl (C=O) groups excluding carboxylic acids is 1. The Morgan fingerprint density at radius 3 is 2.76 bits per heavy atom. The van der Waals surface area contributed by atoms with E-state index in [-0.39, 0.29) is 11.4 Å². The number of carbonyl (C=O) groups is 1. The van der Waals surface area contributed by atoms with E-state index >= 15 is 0 Å². The van der Waals surface area contributed by atoms with Gasteiger partial charge in [-0.3, -0.25) is 4.79 Å². The average molecular weight is 288 g/mol. The second kappa shape index (κ2) is 6.56. The minimum Gasteiger partial charge on any atom is -0.497 e. The highest BCUT2D eigenvalue weighted by Crippen LogP contribution is 2.25. The highest BCUT2D eigenvalue weighted by atomic mass is 16.5. The van der Waals surface area contributed by atoms with Crippen molar-refractivity contribution in [2.24, 2.45) is 0 Å². The third-order valence-corrected chi connectivity index (χ3v) is 2.97. The molecule has 0 atom stereocenters. The number of nitrogens with one attached hydrogen (secondary N) is 1. The topological polar surface area (TPSA) is 99.4 Å². The molecule has 0 amide bonds. The molecule has 1 aromatic heterocycles. The summed E-state index contributed by atoms with van der Waals surface area (Å²) >= 11 is 0. The summed E-state index contributed by atoms with van der Waals surface area (Å²) in [7, 11) is 3.17. The first-order valence-electron chi connectivity index (χ1n) is 6.20. The smallest absolute Gasteiger partial charge is 0.157 e. The molecule has 0 aliphatic rings. The van der Waals surface area contributed by atoms with Crippen LogP contribution < -0.4 is 20.5 Å². The molecule has 0 saturated heterocycles. The van der Waals surface area contributed by atoms with Crippen LogP contribution >= 0.6 is 0 Å². The molecule has 1 aromatic carbocycles. The number of methoxy groups -OCH3 is 2. The van der Waals surface area contributed by atoms with Crippen LogP contribution in [0.3, 0.4) is 0 Å². The van der Waals surface area contributed by atoms with E-state index < -0.39 is 0 Å². The van der Waals surface area contributed by atoms with Crippen molar-refractivity contribution >= 4 is 17.9 Å². The number of hydrogen-bond donors (Lipinski definition) is 2. The van der Waals surface area contributed by atoms with Gasteiger partial charge in [0.15, 0.2) is 6.29 Å². The van der Waals surface area contributed by atoms with Gasteiger partial charge in [-0.2, -0.15) is 0 Å². The Morgan fingerprint density at radius 2 is 2.10 bits per heavy atom. The molecule has 0 bridgehead atoms. The summed E-state index contributed by atoms with van der Waals surface area (Å²) in [6, 6.07) is 5.48. The number of aldehydes is 1. The van der Waals surface area contributed by atoms with Gasteiger partial charge >= 0.3 is 0 Å². The maximum atomic E-state index is 11.0. The highest BCUT2D eigenvalue weighted by Gasteiger charge is 2.10. The molecule has 7 nitrogen and oxygen atoms in total. The lowest BCUT2D eigenvalue weighted by Crippen LogP contribution is -2.08. The Balaban J connectivity index is 2.20. The van der Waals surface area contributed by atoms with Gasteiger partial charge in [0.05, 0.1) is 19.8 Å². The molecule has 0 spiro atoms. The summed E-state index contributed by atoms with van der Waals surface area (Å²) in [4.78, 5) is 18.8. The van der Waals surface area contributed by atoms with Gasteiger partial charge < -0.3 is 20.5 Å². The summed E-state index contributed by atoms with van der Waals surface area (Å²) < 4.78 is 10.5. The average Bonchev–Trinajstić information content (AvgIpc) is 2.52. The van der Waals surface area contributed by atoms with Gasteiger partial charge in [0, 0.05) is 18.2 Å². The van der Waals surface area contributed by atoms with Crippen molar-refractivity contribution in [3.8, 4) is 11.5 Å². The van der Waals surface area contributed by atoms with Crippen LogP contribution in [0.1, 0.15) is 15.9 Å². The molecular formula is C14H16N4O3. The fourth-order valence-electron chi connectivity index (χ4n) is 1.84. The van der Waals surface area contributed by atoms with Crippen LogP contribution in [0.15, 0.2) is 24.5 Å². The highest BCUT2D eigenvalue weighted by molar-refractivity contribution is 5.88. The van der Waals surface area contributed by atoms with Crippen molar-refractivity contribution in [3.05, 3.63) is 35.7 Å². The zero-order valence-electron chi connectivity index (χ0n) is 11.8. The standard InChI is InChI=1S/C14H16N4O3/c1-20-10-4-3-9(12(5-10)21-2)6-16-14-11(7-19)13(15)17-8-18-14/h3-5,7-8H,6H2,1-2H3,(H3,15,16,17,18). The molecule has 0 aliphatic heterocycles. The third-order valence-electron chi connectivity index (χ3n) is 2.97. The molecule has 2 rings (SSSR count). The minimum absolute atomic E-state index is 0.143. The van der Waals surface area contributed by atoms with Crippen LogP contribution in [0.4, 0.5) is 11.6 Å². The van der Waals surface area contributed by atoms with Crippen molar-refractivity contribution in [2.75, 3.05) is 25.3 Å². The van der Waals surface area contributed by atoms with E-state index in [1.807, 2.05) is 12.1 Å². The number of rotatable bonds is 6. The van der Waals surface area contributed by atoms with E-state index in [9.17, 15) is 4.79 Å². The zero-order valence-corrected chi connectivity index (χ0v) is 11.8. The lowest BCUT2D eigenvalue weighted by Gasteiger charge is -2.12.